The lowest BCUT2D eigenvalue weighted by Gasteiger charge is -2.47. The highest BCUT2D eigenvalue weighted by Gasteiger charge is 2.51. The molecule has 1 amide bonds. The number of allylic oxidation sites excluding steroid dienone is 1. The standard InChI is InChI=1S/C13H13ClN3O2S/c14-11(18)10-8(6-16-4-2-1-3-5-16)7-20-13-9(15)12(19)17(10)13/h1-5,9,13H,6-7,15H2/q+1/t9?,13-/m1/s1. The molecule has 1 unspecified atom stereocenters. The van der Waals surface area contributed by atoms with E-state index in [2.05, 4.69) is 0 Å². The van der Waals surface area contributed by atoms with Crippen LogP contribution in [0.5, 0.6) is 0 Å². The molecule has 7 heteroatoms. The highest BCUT2D eigenvalue weighted by molar-refractivity contribution is 8.00. The number of thioether (sulfide) groups is 1. The molecule has 1 aromatic rings. The van der Waals surface area contributed by atoms with Gasteiger partial charge in [-0.25, -0.2) is 4.57 Å². The molecule has 2 atom stereocenters. The van der Waals surface area contributed by atoms with Gasteiger partial charge in [0.25, 0.3) is 5.24 Å². The Morgan fingerprint density at radius 2 is 2.15 bits per heavy atom. The Balaban J connectivity index is 1.94. The number of amides is 1. The third kappa shape index (κ3) is 2.13. The summed E-state index contributed by atoms with van der Waals surface area (Å²) >= 11 is 7.25. The van der Waals surface area contributed by atoms with Gasteiger partial charge in [0.1, 0.15) is 17.1 Å². The van der Waals surface area contributed by atoms with Gasteiger partial charge in [-0.1, -0.05) is 6.07 Å². The Kier molecular flexibility index (Phi) is 3.54. The summed E-state index contributed by atoms with van der Waals surface area (Å²) in [5, 5.41) is -0.758. The molecule has 0 aliphatic carbocycles. The molecule has 1 fully saturated rings. The van der Waals surface area contributed by atoms with E-state index in [9.17, 15) is 9.59 Å². The molecule has 5 nitrogen and oxygen atoms in total. The van der Waals surface area contributed by atoms with E-state index in [-0.39, 0.29) is 11.3 Å². The summed E-state index contributed by atoms with van der Waals surface area (Å²) in [5.74, 6) is 0.416. The summed E-state index contributed by atoms with van der Waals surface area (Å²) in [6, 6.07) is 5.21. The summed E-state index contributed by atoms with van der Waals surface area (Å²) in [6.07, 6.45) is 3.81. The zero-order valence-electron chi connectivity index (χ0n) is 10.5. The number of aromatic nitrogens is 1. The topological polar surface area (TPSA) is 67.3 Å². The quantitative estimate of drug-likeness (QED) is 0.493. The lowest BCUT2D eigenvalue weighted by molar-refractivity contribution is -0.689. The number of carbonyl (C=O) groups is 2. The van der Waals surface area contributed by atoms with Crippen molar-refractivity contribution >= 4 is 34.5 Å². The van der Waals surface area contributed by atoms with E-state index in [1.807, 2.05) is 35.2 Å². The van der Waals surface area contributed by atoms with Gasteiger partial charge in [0.15, 0.2) is 18.9 Å². The summed E-state index contributed by atoms with van der Waals surface area (Å²) in [4.78, 5) is 25.0. The fourth-order valence-electron chi connectivity index (χ4n) is 2.44. The number of hydrogen-bond donors (Lipinski definition) is 1. The van der Waals surface area contributed by atoms with Gasteiger partial charge in [0.2, 0.25) is 5.91 Å². The lowest BCUT2D eigenvalue weighted by atomic mass is 10.0. The van der Waals surface area contributed by atoms with E-state index >= 15 is 0 Å². The number of halogens is 1. The fraction of sp³-hybridized carbons (Fsp3) is 0.308. The van der Waals surface area contributed by atoms with Crippen molar-refractivity contribution in [1.82, 2.24) is 4.90 Å². The van der Waals surface area contributed by atoms with Crippen molar-refractivity contribution in [2.75, 3.05) is 5.75 Å². The molecule has 2 aliphatic heterocycles. The fourth-order valence-corrected chi connectivity index (χ4v) is 3.95. The minimum atomic E-state index is -0.595. The maximum Gasteiger partial charge on any atom is 0.269 e. The molecule has 3 rings (SSSR count). The van der Waals surface area contributed by atoms with Crippen LogP contribution in [0.1, 0.15) is 0 Å². The second kappa shape index (κ2) is 5.20. The average molecular weight is 311 g/mol. The SMILES string of the molecule is NC1C(=O)N2C(C(=O)Cl)=C(C[n+]3ccccc3)CS[C@H]12. The number of β-lactam (4-membered cyclic amide) rings is 1. The van der Waals surface area contributed by atoms with Gasteiger partial charge in [-0.05, 0) is 11.6 Å². The van der Waals surface area contributed by atoms with Crippen molar-refractivity contribution < 1.29 is 14.2 Å². The number of nitrogens with zero attached hydrogens (tertiary/aromatic N) is 2. The van der Waals surface area contributed by atoms with E-state index in [1.165, 1.54) is 4.90 Å². The van der Waals surface area contributed by atoms with Gasteiger partial charge in [0.05, 0.1) is 0 Å². The first kappa shape index (κ1) is 13.6. The molecule has 0 bridgehead atoms. The zero-order chi connectivity index (χ0) is 14.3. The van der Waals surface area contributed by atoms with Crippen molar-refractivity contribution in [2.45, 2.75) is 18.0 Å². The Hall–Kier alpha value is -1.37. The first-order valence-electron chi connectivity index (χ1n) is 6.16. The van der Waals surface area contributed by atoms with Gasteiger partial charge in [-0.2, -0.15) is 0 Å². The maximum atomic E-state index is 11.8. The second-order valence-corrected chi connectivity index (χ2v) is 6.16. The molecule has 0 spiro atoms. The molecule has 0 saturated carbocycles. The number of nitrogens with two attached hydrogens (primary N) is 1. The predicted molar refractivity (Wildman–Crippen MR) is 75.6 cm³/mol. The lowest BCUT2D eigenvalue weighted by Crippen LogP contribution is -2.68. The van der Waals surface area contributed by atoms with E-state index in [1.54, 1.807) is 11.8 Å². The first-order chi connectivity index (χ1) is 9.59. The van der Waals surface area contributed by atoms with Crippen molar-refractivity contribution in [3.63, 3.8) is 0 Å². The van der Waals surface area contributed by atoms with E-state index in [0.717, 1.165) is 5.57 Å². The minimum absolute atomic E-state index is 0.162. The molecule has 2 N–H and O–H groups in total. The summed E-state index contributed by atoms with van der Waals surface area (Å²) in [7, 11) is 0. The number of hydrogen-bond acceptors (Lipinski definition) is 4. The van der Waals surface area contributed by atoms with E-state index in [0.29, 0.717) is 18.0 Å². The molecule has 20 heavy (non-hydrogen) atoms. The van der Waals surface area contributed by atoms with Gasteiger partial charge >= 0.3 is 0 Å². The minimum Gasteiger partial charge on any atom is -0.317 e. The highest BCUT2D eigenvalue weighted by Crippen LogP contribution is 2.40. The normalized spacial score (nSPS) is 25.3. The third-order valence-electron chi connectivity index (χ3n) is 3.43. The van der Waals surface area contributed by atoms with Crippen molar-refractivity contribution in [3.8, 4) is 0 Å². The largest absolute Gasteiger partial charge is 0.317 e. The summed E-state index contributed by atoms with van der Waals surface area (Å²) < 4.78 is 1.94. The Bertz CT molecular complexity index is 605. The third-order valence-corrected chi connectivity index (χ3v) is 4.97. The molecule has 2 aliphatic rings. The number of rotatable bonds is 3. The molecule has 1 saturated heterocycles. The van der Waals surface area contributed by atoms with Crippen LogP contribution < -0.4 is 10.3 Å². The van der Waals surface area contributed by atoms with Crippen LogP contribution in [0.15, 0.2) is 41.9 Å². The Morgan fingerprint density at radius 3 is 2.80 bits per heavy atom. The number of carbonyl (C=O) groups excluding carboxylic acids is 2. The van der Waals surface area contributed by atoms with Crippen LogP contribution >= 0.6 is 23.4 Å². The maximum absolute atomic E-state index is 11.8. The summed E-state index contributed by atoms with van der Waals surface area (Å²) in [6.45, 7) is 0.535. The van der Waals surface area contributed by atoms with Gasteiger partial charge in [0, 0.05) is 23.5 Å². The van der Waals surface area contributed by atoms with Gasteiger partial charge in [-0.15, -0.1) is 11.8 Å². The monoisotopic (exact) mass is 310 g/mol. The van der Waals surface area contributed by atoms with Crippen LogP contribution in [0.2, 0.25) is 0 Å². The number of fused-ring (bicyclic) bond motifs is 1. The molecule has 104 valence electrons. The molecule has 0 radical (unpaired) electrons. The Morgan fingerprint density at radius 1 is 1.45 bits per heavy atom. The smallest absolute Gasteiger partial charge is 0.269 e. The summed E-state index contributed by atoms with van der Waals surface area (Å²) in [5.41, 5.74) is 6.90. The van der Waals surface area contributed by atoms with Crippen LogP contribution in [0.3, 0.4) is 0 Å². The van der Waals surface area contributed by atoms with Crippen LogP contribution in [-0.2, 0) is 16.1 Å². The van der Waals surface area contributed by atoms with Crippen molar-refractivity contribution in [1.29, 1.82) is 0 Å². The molecule has 0 aromatic carbocycles. The van der Waals surface area contributed by atoms with Crippen LogP contribution in [0, 0.1) is 0 Å². The highest BCUT2D eigenvalue weighted by atomic mass is 35.5. The van der Waals surface area contributed by atoms with Crippen LogP contribution in [-0.4, -0.2) is 33.2 Å². The van der Waals surface area contributed by atoms with Crippen molar-refractivity contribution in [2.24, 2.45) is 5.73 Å². The number of pyridine rings is 1. The molecule has 3 heterocycles. The van der Waals surface area contributed by atoms with Gasteiger partial charge < -0.3 is 5.73 Å². The van der Waals surface area contributed by atoms with Crippen LogP contribution in [0.25, 0.3) is 0 Å². The van der Waals surface area contributed by atoms with E-state index < -0.39 is 11.3 Å². The average Bonchev–Trinajstić information content (AvgIpc) is 2.46. The Labute approximate surface area is 125 Å². The molecular formula is C13H13ClN3O2S+. The van der Waals surface area contributed by atoms with E-state index in [4.69, 9.17) is 17.3 Å². The zero-order valence-corrected chi connectivity index (χ0v) is 12.1. The van der Waals surface area contributed by atoms with Gasteiger partial charge in [-0.3, -0.25) is 14.5 Å². The predicted octanol–water partition coefficient (Wildman–Crippen LogP) is 0.236. The molecule has 1 aromatic heterocycles. The molecular weight excluding hydrogens is 298 g/mol. The first-order valence-corrected chi connectivity index (χ1v) is 7.58. The second-order valence-electron chi connectivity index (χ2n) is 4.71. The van der Waals surface area contributed by atoms with Crippen LogP contribution in [0.4, 0.5) is 0 Å². The van der Waals surface area contributed by atoms with Crippen molar-refractivity contribution in [3.05, 3.63) is 41.9 Å².